The fraction of sp³-hybridized carbons (Fsp3) is 0.133. The Bertz CT molecular complexity index is 702. The maximum absolute atomic E-state index is 13.4. The van der Waals surface area contributed by atoms with E-state index in [1.807, 2.05) is 0 Å². The Morgan fingerprint density at radius 2 is 2.05 bits per heavy atom. The molecule has 110 valence electrons. The van der Waals surface area contributed by atoms with Crippen LogP contribution in [0.3, 0.4) is 0 Å². The van der Waals surface area contributed by atoms with Gasteiger partial charge >= 0.3 is 5.97 Å². The van der Waals surface area contributed by atoms with Gasteiger partial charge in [0, 0.05) is 10.0 Å². The summed E-state index contributed by atoms with van der Waals surface area (Å²) in [7, 11) is 0. The molecule has 0 aromatic heterocycles. The molecule has 21 heavy (non-hydrogen) atoms. The molecule has 1 N–H and O–H groups in total. The van der Waals surface area contributed by atoms with Gasteiger partial charge in [0.2, 0.25) is 0 Å². The van der Waals surface area contributed by atoms with Gasteiger partial charge in [-0.05, 0) is 46.6 Å². The van der Waals surface area contributed by atoms with E-state index >= 15 is 0 Å². The molecule has 0 radical (unpaired) electrons. The van der Waals surface area contributed by atoms with Crippen molar-refractivity contribution in [1.82, 2.24) is 0 Å². The monoisotopic (exact) mass is 416 g/mol. The van der Waals surface area contributed by atoms with Crippen LogP contribution in [0.5, 0.6) is 5.75 Å². The van der Waals surface area contributed by atoms with Crippen molar-refractivity contribution >= 4 is 37.8 Å². The lowest BCUT2D eigenvalue weighted by molar-refractivity contribution is 0.0691. The number of hydrogen-bond donors (Lipinski definition) is 1. The van der Waals surface area contributed by atoms with E-state index < -0.39 is 5.97 Å². The Kier molecular flexibility index (Phi) is 5.00. The molecule has 0 heterocycles. The van der Waals surface area contributed by atoms with Crippen LogP contribution in [0.1, 0.15) is 21.5 Å². The zero-order valence-corrected chi connectivity index (χ0v) is 14.2. The molecule has 0 aliphatic rings. The number of halogens is 3. The van der Waals surface area contributed by atoms with Gasteiger partial charge in [0.05, 0.1) is 4.47 Å². The number of carboxylic acids is 1. The summed E-state index contributed by atoms with van der Waals surface area (Å²) in [5.41, 5.74) is 1.36. The minimum atomic E-state index is -1.08. The summed E-state index contributed by atoms with van der Waals surface area (Å²) in [5.74, 6) is -1.18. The maximum atomic E-state index is 13.4. The van der Waals surface area contributed by atoms with E-state index in [0.717, 1.165) is 0 Å². The number of aromatic carboxylic acids is 1. The molecule has 0 unspecified atom stereocenters. The van der Waals surface area contributed by atoms with Gasteiger partial charge in [0.1, 0.15) is 23.7 Å². The molecule has 0 atom stereocenters. The van der Waals surface area contributed by atoms with Crippen molar-refractivity contribution in [2.24, 2.45) is 0 Å². The first kappa shape index (κ1) is 16.0. The van der Waals surface area contributed by atoms with Crippen LogP contribution in [-0.2, 0) is 6.61 Å². The number of aryl methyl sites for hydroxylation is 1. The van der Waals surface area contributed by atoms with E-state index in [0.29, 0.717) is 20.1 Å². The maximum Gasteiger partial charge on any atom is 0.339 e. The Morgan fingerprint density at radius 1 is 1.33 bits per heavy atom. The van der Waals surface area contributed by atoms with E-state index in [-0.39, 0.29) is 23.7 Å². The van der Waals surface area contributed by atoms with E-state index in [4.69, 9.17) is 4.74 Å². The second-order valence-corrected chi connectivity index (χ2v) is 6.11. The second kappa shape index (κ2) is 6.58. The fourth-order valence-electron chi connectivity index (χ4n) is 1.89. The third-order valence-corrected chi connectivity index (χ3v) is 4.22. The van der Waals surface area contributed by atoms with Gasteiger partial charge in [0.25, 0.3) is 0 Å². The van der Waals surface area contributed by atoms with Crippen molar-refractivity contribution in [3.05, 3.63) is 61.8 Å². The van der Waals surface area contributed by atoms with Gasteiger partial charge in [0.15, 0.2) is 0 Å². The number of hydrogen-bond acceptors (Lipinski definition) is 2. The van der Waals surface area contributed by atoms with Crippen molar-refractivity contribution in [3.8, 4) is 5.75 Å². The lowest BCUT2D eigenvalue weighted by Crippen LogP contribution is -2.06. The minimum Gasteiger partial charge on any atom is -0.488 e. The molecule has 0 amide bonds. The predicted octanol–water partition coefficient (Wildman–Crippen LogP) is 4.94. The summed E-state index contributed by atoms with van der Waals surface area (Å²) in [4.78, 5) is 11.3. The molecule has 2 aromatic rings. The number of carboxylic acid groups (broad SMARTS) is 1. The van der Waals surface area contributed by atoms with Crippen molar-refractivity contribution in [2.75, 3.05) is 0 Å². The Hall–Kier alpha value is -1.40. The first-order chi connectivity index (χ1) is 9.90. The van der Waals surface area contributed by atoms with Crippen molar-refractivity contribution in [1.29, 1.82) is 0 Å². The van der Waals surface area contributed by atoms with Crippen LogP contribution < -0.4 is 4.74 Å². The molecule has 3 nitrogen and oxygen atoms in total. The highest BCUT2D eigenvalue weighted by atomic mass is 79.9. The summed E-state index contributed by atoms with van der Waals surface area (Å²) in [6, 6.07) is 7.86. The third-order valence-electron chi connectivity index (χ3n) is 2.87. The van der Waals surface area contributed by atoms with Crippen molar-refractivity contribution in [2.45, 2.75) is 13.5 Å². The molecule has 0 saturated carbocycles. The Labute approximate surface area is 138 Å². The molecule has 0 spiro atoms. The normalized spacial score (nSPS) is 10.5. The number of rotatable bonds is 4. The van der Waals surface area contributed by atoms with Gasteiger partial charge < -0.3 is 9.84 Å². The highest BCUT2D eigenvalue weighted by molar-refractivity contribution is 9.10. The summed E-state index contributed by atoms with van der Waals surface area (Å²) in [6.45, 7) is 1.83. The molecular weight excluding hydrogens is 407 g/mol. The zero-order valence-electron chi connectivity index (χ0n) is 11.0. The molecular formula is C15H11Br2FO3. The van der Waals surface area contributed by atoms with Gasteiger partial charge in [-0.1, -0.05) is 28.1 Å². The van der Waals surface area contributed by atoms with Gasteiger partial charge in [-0.15, -0.1) is 0 Å². The minimum absolute atomic E-state index is 0.0643. The molecule has 0 bridgehead atoms. The average Bonchev–Trinajstić information content (AvgIpc) is 2.41. The smallest absolute Gasteiger partial charge is 0.339 e. The first-order valence-corrected chi connectivity index (χ1v) is 7.58. The number of benzene rings is 2. The number of carbonyl (C=O) groups is 1. The molecule has 2 rings (SSSR count). The van der Waals surface area contributed by atoms with Crippen LogP contribution in [0, 0.1) is 12.7 Å². The Morgan fingerprint density at radius 3 is 2.71 bits per heavy atom. The van der Waals surface area contributed by atoms with Crippen LogP contribution in [-0.4, -0.2) is 11.1 Å². The lowest BCUT2D eigenvalue weighted by atomic mass is 10.1. The average molecular weight is 418 g/mol. The molecule has 0 saturated heterocycles. The highest BCUT2D eigenvalue weighted by Gasteiger charge is 2.16. The predicted molar refractivity (Wildman–Crippen MR) is 84.3 cm³/mol. The van der Waals surface area contributed by atoms with Gasteiger partial charge in [-0.3, -0.25) is 0 Å². The molecule has 0 aliphatic carbocycles. The fourth-order valence-corrected chi connectivity index (χ4v) is 2.84. The summed E-state index contributed by atoms with van der Waals surface area (Å²) in [5, 5.41) is 9.24. The topological polar surface area (TPSA) is 46.5 Å². The van der Waals surface area contributed by atoms with Crippen LogP contribution in [0.2, 0.25) is 0 Å². The molecule has 0 aliphatic heterocycles. The van der Waals surface area contributed by atoms with Crippen molar-refractivity contribution < 1.29 is 19.0 Å². The highest BCUT2D eigenvalue weighted by Crippen LogP contribution is 2.30. The van der Waals surface area contributed by atoms with Crippen LogP contribution >= 0.6 is 31.9 Å². The van der Waals surface area contributed by atoms with E-state index in [2.05, 4.69) is 31.9 Å². The standard InChI is InChI=1S/C15H11Br2FO3/c1-8-5-10(16)6-11(15(19)20)14(8)21-7-9-3-2-4-12(18)13(9)17/h2-6H,7H2,1H3,(H,19,20). The van der Waals surface area contributed by atoms with E-state index in [9.17, 15) is 14.3 Å². The Balaban J connectivity index is 2.32. The lowest BCUT2D eigenvalue weighted by Gasteiger charge is -2.13. The second-order valence-electron chi connectivity index (χ2n) is 4.41. The largest absolute Gasteiger partial charge is 0.488 e. The third kappa shape index (κ3) is 3.63. The quantitative estimate of drug-likeness (QED) is 0.766. The molecule has 0 fully saturated rings. The summed E-state index contributed by atoms with van der Waals surface area (Å²) >= 11 is 6.41. The van der Waals surface area contributed by atoms with Gasteiger partial charge in [-0.25, -0.2) is 9.18 Å². The first-order valence-electron chi connectivity index (χ1n) is 5.99. The zero-order chi connectivity index (χ0) is 15.6. The van der Waals surface area contributed by atoms with E-state index in [1.54, 1.807) is 25.1 Å². The SMILES string of the molecule is Cc1cc(Br)cc(C(=O)O)c1OCc1cccc(F)c1Br. The molecule has 2 aromatic carbocycles. The number of ether oxygens (including phenoxy) is 1. The van der Waals surface area contributed by atoms with Crippen LogP contribution in [0.25, 0.3) is 0 Å². The van der Waals surface area contributed by atoms with Crippen LogP contribution in [0.4, 0.5) is 4.39 Å². The van der Waals surface area contributed by atoms with Crippen molar-refractivity contribution in [3.63, 3.8) is 0 Å². The summed E-state index contributed by atoms with van der Waals surface area (Å²) < 4.78 is 20.0. The summed E-state index contributed by atoms with van der Waals surface area (Å²) in [6.07, 6.45) is 0. The molecule has 6 heteroatoms. The van der Waals surface area contributed by atoms with Gasteiger partial charge in [-0.2, -0.15) is 0 Å². The van der Waals surface area contributed by atoms with Crippen LogP contribution in [0.15, 0.2) is 39.3 Å². The van der Waals surface area contributed by atoms with E-state index in [1.165, 1.54) is 12.1 Å².